The van der Waals surface area contributed by atoms with Gasteiger partial charge in [0.25, 0.3) is 0 Å². The van der Waals surface area contributed by atoms with Crippen LogP contribution in [-0.4, -0.2) is 36.9 Å². The fourth-order valence-corrected chi connectivity index (χ4v) is 21.8. The van der Waals surface area contributed by atoms with E-state index in [1.165, 1.54) is 33.0 Å². The van der Waals surface area contributed by atoms with Crippen molar-refractivity contribution in [3.63, 3.8) is 0 Å². The van der Waals surface area contributed by atoms with Crippen LogP contribution in [0, 0.1) is 0 Å². The number of hydrogen-bond donors (Lipinski definition) is 0. The molecule has 55 heavy (non-hydrogen) atoms. The van der Waals surface area contributed by atoms with Crippen LogP contribution >= 0.6 is 0 Å². The molecule has 0 aliphatic carbocycles. The van der Waals surface area contributed by atoms with Gasteiger partial charge < -0.3 is 0 Å². The van der Waals surface area contributed by atoms with E-state index in [0.717, 1.165) is 62.1 Å². The van der Waals surface area contributed by atoms with Crippen LogP contribution in [0.25, 0.3) is 22.3 Å². The van der Waals surface area contributed by atoms with Crippen molar-refractivity contribution in [2.75, 3.05) is 0 Å². The molecule has 0 fully saturated rings. The molecule has 0 radical (unpaired) electrons. The second-order valence-electron chi connectivity index (χ2n) is 14.6. The molecule has 8 aromatic carbocycles. The number of para-hydroxylation sites is 4. The van der Waals surface area contributed by atoms with Crippen LogP contribution < -0.4 is 55.3 Å². The van der Waals surface area contributed by atoms with Gasteiger partial charge in [0.2, 0.25) is 0 Å². The van der Waals surface area contributed by atoms with Gasteiger partial charge >= 0.3 is 325 Å². The summed E-state index contributed by atoms with van der Waals surface area (Å²) in [5, 5.41) is 5.05. The first-order valence-electron chi connectivity index (χ1n) is 18.8. The van der Waals surface area contributed by atoms with E-state index in [9.17, 15) is 0 Å². The van der Waals surface area contributed by atoms with E-state index in [0.29, 0.717) is 0 Å². The van der Waals surface area contributed by atoms with Gasteiger partial charge in [0.15, 0.2) is 0 Å². The van der Waals surface area contributed by atoms with Crippen molar-refractivity contribution in [2.24, 2.45) is 0 Å². The molecular formula is C48H30BInO4Si. The Bertz CT molecular complexity index is 2670. The van der Waals surface area contributed by atoms with E-state index in [4.69, 9.17) is 17.0 Å². The van der Waals surface area contributed by atoms with Crippen molar-refractivity contribution in [3.05, 3.63) is 182 Å². The molecule has 4 nitrogen and oxygen atoms in total. The maximum atomic E-state index is 7.03. The van der Waals surface area contributed by atoms with Crippen LogP contribution in [0.15, 0.2) is 182 Å². The quantitative estimate of drug-likeness (QED) is 0.171. The van der Waals surface area contributed by atoms with Crippen LogP contribution in [0.4, 0.5) is 0 Å². The predicted molar refractivity (Wildman–Crippen MR) is 225 cm³/mol. The summed E-state index contributed by atoms with van der Waals surface area (Å²) in [5.74, 6) is 5.36. The summed E-state index contributed by atoms with van der Waals surface area (Å²) in [6.45, 7) is -0.272. The zero-order valence-corrected chi connectivity index (χ0v) is 33.9. The number of hydrogen-bond acceptors (Lipinski definition) is 4. The van der Waals surface area contributed by atoms with Gasteiger partial charge in [0, 0.05) is 0 Å². The molecule has 0 atom stereocenters. The Morgan fingerprint density at radius 1 is 0.400 bits per heavy atom. The van der Waals surface area contributed by atoms with E-state index in [1.807, 2.05) is 6.07 Å². The van der Waals surface area contributed by atoms with Crippen molar-refractivity contribution < 1.29 is 17.0 Å². The van der Waals surface area contributed by atoms with Crippen LogP contribution in [0.3, 0.4) is 0 Å². The molecule has 12 rings (SSSR count). The summed E-state index contributed by atoms with van der Waals surface area (Å²) in [4.78, 5) is 0. The van der Waals surface area contributed by atoms with Gasteiger partial charge in [0.05, 0.1) is 0 Å². The van der Waals surface area contributed by atoms with Crippen LogP contribution in [0.5, 0.6) is 34.5 Å². The van der Waals surface area contributed by atoms with Crippen molar-refractivity contribution in [3.8, 4) is 56.8 Å². The second-order valence-corrected chi connectivity index (χ2v) is 24.7. The Balaban J connectivity index is 1.21. The molecule has 256 valence electrons. The molecule has 4 heterocycles. The van der Waals surface area contributed by atoms with Gasteiger partial charge in [-0.05, 0) is 0 Å². The number of benzene rings is 8. The monoisotopic (exact) mass is 824 g/mol. The van der Waals surface area contributed by atoms with E-state index in [1.54, 1.807) is 0 Å². The summed E-state index contributed by atoms with van der Waals surface area (Å²) in [6.07, 6.45) is 0. The van der Waals surface area contributed by atoms with Crippen LogP contribution in [0.1, 0.15) is 0 Å². The molecule has 0 saturated heterocycles. The number of rotatable bonds is 4. The molecule has 4 aliphatic rings. The van der Waals surface area contributed by atoms with Gasteiger partial charge in [-0.3, -0.25) is 0 Å². The Morgan fingerprint density at radius 2 is 0.945 bits per heavy atom. The van der Waals surface area contributed by atoms with Gasteiger partial charge in [-0.1, -0.05) is 6.07 Å². The molecule has 0 unspecified atom stereocenters. The average molecular weight is 824 g/mol. The predicted octanol–water partition coefficient (Wildman–Crippen LogP) is 5.61. The Labute approximate surface area is 328 Å². The summed E-state index contributed by atoms with van der Waals surface area (Å²) in [6, 6.07) is 65.6. The molecule has 0 saturated carbocycles. The minimum absolute atomic E-state index is 0.272. The Kier molecular flexibility index (Phi) is 6.90. The number of ether oxygens (including phenoxy) is 2. The molecular weight excluding hydrogens is 794 g/mol. The molecule has 8 aromatic rings. The Hall–Kier alpha value is -5.89. The molecule has 7 heteroatoms. The van der Waals surface area contributed by atoms with Crippen LogP contribution in [-0.2, 0) is 0 Å². The SMILES string of the molecule is c1ccc([Si](c2ccccc2)(c2cc3c4c(c2)-c2ccccc2OB4c2ccccc2O3)c2cc3[c]4c(c2)-c2ccccc2[O][In]4[c]2ccccc2O3)cc1. The van der Waals surface area contributed by atoms with Gasteiger partial charge in [-0.15, -0.1) is 0 Å². The summed E-state index contributed by atoms with van der Waals surface area (Å²) < 4.78 is 30.3. The molecule has 0 aromatic heterocycles. The fraction of sp³-hybridized carbons (Fsp3) is 0. The third kappa shape index (κ3) is 4.54. The first kappa shape index (κ1) is 31.5. The summed E-state index contributed by atoms with van der Waals surface area (Å²) in [7, 11) is -3.15. The average Bonchev–Trinajstić information content (AvgIpc) is 3.25. The normalized spacial score (nSPS) is 13.6. The second kappa shape index (κ2) is 12.1. The fourth-order valence-electron chi connectivity index (χ4n) is 9.43. The van der Waals surface area contributed by atoms with E-state index >= 15 is 0 Å². The van der Waals surface area contributed by atoms with Crippen molar-refractivity contribution >= 4 is 75.2 Å². The molecule has 4 aliphatic heterocycles. The van der Waals surface area contributed by atoms with Gasteiger partial charge in [0.1, 0.15) is 0 Å². The van der Waals surface area contributed by atoms with E-state index in [2.05, 4.69) is 176 Å². The van der Waals surface area contributed by atoms with Gasteiger partial charge in [-0.2, -0.15) is 0 Å². The van der Waals surface area contributed by atoms with Crippen molar-refractivity contribution in [2.45, 2.75) is 0 Å². The third-order valence-corrected chi connectivity index (χ3v) is 24.1. The minimum atomic E-state index is -3.15. The van der Waals surface area contributed by atoms with Crippen molar-refractivity contribution in [1.82, 2.24) is 0 Å². The first-order valence-corrected chi connectivity index (χ1v) is 25.4. The van der Waals surface area contributed by atoms with Crippen molar-refractivity contribution in [1.29, 1.82) is 0 Å². The van der Waals surface area contributed by atoms with E-state index < -0.39 is 29.9 Å². The zero-order chi connectivity index (χ0) is 36.1. The number of fused-ring (bicyclic) bond motifs is 8. The third-order valence-electron chi connectivity index (χ3n) is 11.8. The topological polar surface area (TPSA) is 36.9 Å². The molecule has 0 spiro atoms. The zero-order valence-electron chi connectivity index (χ0n) is 29.6. The van der Waals surface area contributed by atoms with Gasteiger partial charge in [-0.25, -0.2) is 0 Å². The summed E-state index contributed by atoms with van der Waals surface area (Å²) in [5.41, 5.74) is 6.70. The maximum absolute atomic E-state index is 7.03. The molecule has 0 amide bonds. The Morgan fingerprint density at radius 3 is 1.69 bits per heavy atom. The van der Waals surface area contributed by atoms with Crippen LogP contribution in [0.2, 0.25) is 0 Å². The standard InChI is InChI=1S/C48H31BO4Si.In/c50-44-25-13-10-22-40(44)33-28-35(51-34-16-4-1-5-17-34)30-38(29-33)54(36-18-6-2-7-19-36,37-20-8-3-9-21-37)39-31-42-41-23-11-14-26-45(41)53-49-43-24-12-15-27-46(43)52-47(32-39)48(42)49;/h1-16,18-27,29-32,50H;/q;+1/p-1. The summed E-state index contributed by atoms with van der Waals surface area (Å²) >= 11 is -3.07. The molecule has 0 N–H and O–H groups in total. The molecule has 0 bridgehead atoms. The van der Waals surface area contributed by atoms with E-state index in [-0.39, 0.29) is 6.92 Å². The first-order chi connectivity index (χ1) is 27.3.